The van der Waals surface area contributed by atoms with Crippen molar-refractivity contribution in [3.05, 3.63) is 54.7 Å². The van der Waals surface area contributed by atoms with Gasteiger partial charge >= 0.3 is 6.03 Å². The largest absolute Gasteiger partial charge is 0.342 e. The average molecular weight is 436 g/mol. The summed E-state index contributed by atoms with van der Waals surface area (Å²) >= 11 is 0. The van der Waals surface area contributed by atoms with Gasteiger partial charge in [-0.3, -0.25) is 9.59 Å². The van der Waals surface area contributed by atoms with E-state index in [1.165, 1.54) is 0 Å². The molecular formula is C24H29N5O3. The Bertz CT molecular complexity index is 929. The van der Waals surface area contributed by atoms with Crippen molar-refractivity contribution in [3.63, 3.8) is 0 Å². The molecule has 2 aromatic rings. The molecule has 0 saturated carbocycles. The fourth-order valence-corrected chi connectivity index (χ4v) is 4.37. The van der Waals surface area contributed by atoms with Gasteiger partial charge in [-0.1, -0.05) is 24.3 Å². The van der Waals surface area contributed by atoms with E-state index in [-0.39, 0.29) is 29.7 Å². The third-order valence-electron chi connectivity index (χ3n) is 6.18. The van der Waals surface area contributed by atoms with Crippen LogP contribution in [0.15, 0.2) is 54.7 Å². The van der Waals surface area contributed by atoms with Crippen LogP contribution in [0.4, 0.5) is 16.3 Å². The molecule has 1 atom stereocenters. The second-order valence-corrected chi connectivity index (χ2v) is 8.39. The molecule has 0 radical (unpaired) electrons. The second kappa shape index (κ2) is 10.3. The van der Waals surface area contributed by atoms with Crippen molar-refractivity contribution in [1.29, 1.82) is 0 Å². The first-order valence-corrected chi connectivity index (χ1v) is 11.2. The van der Waals surface area contributed by atoms with Gasteiger partial charge in [0, 0.05) is 44.0 Å². The molecule has 1 unspecified atom stereocenters. The highest BCUT2D eigenvalue weighted by molar-refractivity contribution is 5.92. The highest BCUT2D eigenvalue weighted by Crippen LogP contribution is 2.24. The highest BCUT2D eigenvalue weighted by Gasteiger charge is 2.34. The summed E-state index contributed by atoms with van der Waals surface area (Å²) in [7, 11) is 0. The van der Waals surface area contributed by atoms with Gasteiger partial charge in [-0.15, -0.1) is 0 Å². The number of anilines is 2. The van der Waals surface area contributed by atoms with Gasteiger partial charge < -0.3 is 20.4 Å². The number of carbonyl (C=O) groups excluding carboxylic acids is 3. The summed E-state index contributed by atoms with van der Waals surface area (Å²) in [5.41, 5.74) is 0.747. The number of urea groups is 1. The van der Waals surface area contributed by atoms with Crippen molar-refractivity contribution in [2.75, 3.05) is 36.8 Å². The summed E-state index contributed by atoms with van der Waals surface area (Å²) in [5, 5.41) is 5.75. The number of piperidine rings is 2. The Labute approximate surface area is 188 Å². The minimum absolute atomic E-state index is 0.0442. The van der Waals surface area contributed by atoms with E-state index in [0.29, 0.717) is 44.8 Å². The molecule has 2 aliphatic rings. The lowest BCUT2D eigenvalue weighted by Crippen LogP contribution is -2.50. The van der Waals surface area contributed by atoms with Crippen molar-refractivity contribution < 1.29 is 14.4 Å². The lowest BCUT2D eigenvalue weighted by molar-refractivity contribution is -0.139. The zero-order valence-corrected chi connectivity index (χ0v) is 18.1. The molecule has 2 saturated heterocycles. The van der Waals surface area contributed by atoms with E-state index in [1.807, 2.05) is 41.3 Å². The normalized spacial score (nSPS) is 19.3. The summed E-state index contributed by atoms with van der Waals surface area (Å²) in [6.07, 6.45) is 4.50. The van der Waals surface area contributed by atoms with Gasteiger partial charge in [0.1, 0.15) is 5.82 Å². The molecule has 8 heteroatoms. The lowest BCUT2D eigenvalue weighted by Gasteiger charge is -2.37. The Kier molecular flexibility index (Phi) is 6.99. The van der Waals surface area contributed by atoms with Crippen molar-refractivity contribution in [1.82, 2.24) is 14.8 Å². The predicted molar refractivity (Wildman–Crippen MR) is 122 cm³/mol. The van der Waals surface area contributed by atoms with Crippen LogP contribution in [-0.4, -0.2) is 58.8 Å². The Hall–Kier alpha value is -3.42. The third kappa shape index (κ3) is 5.43. The van der Waals surface area contributed by atoms with Crippen LogP contribution in [0, 0.1) is 11.8 Å². The van der Waals surface area contributed by atoms with E-state index in [2.05, 4.69) is 15.6 Å². The van der Waals surface area contributed by atoms with E-state index >= 15 is 0 Å². The Morgan fingerprint density at radius 3 is 2.28 bits per heavy atom. The summed E-state index contributed by atoms with van der Waals surface area (Å²) in [6.45, 7) is 2.20. The molecule has 0 aliphatic carbocycles. The van der Waals surface area contributed by atoms with Crippen LogP contribution in [0.3, 0.4) is 0 Å². The quantitative estimate of drug-likeness (QED) is 0.771. The number of benzene rings is 1. The van der Waals surface area contributed by atoms with E-state index in [4.69, 9.17) is 0 Å². The molecule has 32 heavy (non-hydrogen) atoms. The number of amides is 4. The standard InChI is InChI=1S/C24H29N5O3/c30-22(27-21-10-4-5-13-25-21)18-11-15-28(16-12-18)23(31)19-7-6-14-29(17-19)24(32)26-20-8-2-1-3-9-20/h1-5,8-10,13,18-19H,6-7,11-12,14-17H2,(H,26,32)(H,25,27,30). The molecule has 2 N–H and O–H groups in total. The van der Waals surface area contributed by atoms with Crippen molar-refractivity contribution in [3.8, 4) is 0 Å². The number of hydrogen-bond donors (Lipinski definition) is 2. The number of nitrogens with zero attached hydrogens (tertiary/aromatic N) is 3. The van der Waals surface area contributed by atoms with Gasteiger partial charge in [-0.25, -0.2) is 9.78 Å². The zero-order valence-electron chi connectivity index (χ0n) is 18.1. The lowest BCUT2D eigenvalue weighted by atomic mass is 9.92. The van der Waals surface area contributed by atoms with Crippen molar-refractivity contribution >= 4 is 29.4 Å². The molecule has 3 heterocycles. The topological polar surface area (TPSA) is 94.6 Å². The molecule has 8 nitrogen and oxygen atoms in total. The molecule has 2 fully saturated rings. The number of hydrogen-bond acceptors (Lipinski definition) is 4. The van der Waals surface area contributed by atoms with E-state index in [9.17, 15) is 14.4 Å². The van der Waals surface area contributed by atoms with Crippen LogP contribution in [0.2, 0.25) is 0 Å². The number of pyridine rings is 1. The van der Waals surface area contributed by atoms with E-state index < -0.39 is 0 Å². The summed E-state index contributed by atoms with van der Waals surface area (Å²) in [4.78, 5) is 45.9. The van der Waals surface area contributed by atoms with Crippen LogP contribution in [0.1, 0.15) is 25.7 Å². The average Bonchev–Trinajstić information content (AvgIpc) is 2.85. The molecular weight excluding hydrogens is 406 g/mol. The first-order valence-electron chi connectivity index (χ1n) is 11.2. The van der Waals surface area contributed by atoms with Gasteiger partial charge in [-0.05, 0) is 49.9 Å². The SMILES string of the molecule is O=C(Nc1ccccn1)C1CCN(C(=O)C2CCCN(C(=O)Nc3ccccc3)C2)CC1. The van der Waals surface area contributed by atoms with Crippen LogP contribution >= 0.6 is 0 Å². The van der Waals surface area contributed by atoms with Gasteiger partial charge in [-0.2, -0.15) is 0 Å². The molecule has 4 amide bonds. The maximum atomic E-state index is 13.1. The van der Waals surface area contributed by atoms with Gasteiger partial charge in [0.05, 0.1) is 5.92 Å². The number of carbonyl (C=O) groups is 3. The summed E-state index contributed by atoms with van der Waals surface area (Å²) in [6, 6.07) is 14.6. The third-order valence-corrected chi connectivity index (χ3v) is 6.18. The molecule has 168 valence electrons. The van der Waals surface area contributed by atoms with Crippen molar-refractivity contribution in [2.45, 2.75) is 25.7 Å². The maximum Gasteiger partial charge on any atom is 0.321 e. The van der Waals surface area contributed by atoms with Crippen LogP contribution in [0.5, 0.6) is 0 Å². The Morgan fingerprint density at radius 2 is 1.56 bits per heavy atom. The number of para-hydroxylation sites is 1. The summed E-state index contributed by atoms with van der Waals surface area (Å²) in [5.74, 6) is 0.278. The zero-order chi connectivity index (χ0) is 22.3. The molecule has 4 rings (SSSR count). The molecule has 2 aliphatic heterocycles. The molecule has 0 spiro atoms. The monoisotopic (exact) mass is 435 g/mol. The van der Waals surface area contributed by atoms with E-state index in [0.717, 1.165) is 18.5 Å². The van der Waals surface area contributed by atoms with Crippen LogP contribution < -0.4 is 10.6 Å². The smallest absolute Gasteiger partial charge is 0.321 e. The number of rotatable bonds is 4. The molecule has 0 bridgehead atoms. The number of aromatic nitrogens is 1. The highest BCUT2D eigenvalue weighted by atomic mass is 16.2. The first kappa shape index (κ1) is 21.8. The molecule has 1 aromatic carbocycles. The van der Waals surface area contributed by atoms with Gasteiger partial charge in [0.15, 0.2) is 0 Å². The fourth-order valence-electron chi connectivity index (χ4n) is 4.37. The van der Waals surface area contributed by atoms with Gasteiger partial charge in [0.25, 0.3) is 0 Å². The van der Waals surface area contributed by atoms with Crippen LogP contribution in [-0.2, 0) is 9.59 Å². The van der Waals surface area contributed by atoms with E-state index in [1.54, 1.807) is 23.2 Å². The number of likely N-dealkylation sites (tertiary alicyclic amines) is 2. The predicted octanol–water partition coefficient (Wildman–Crippen LogP) is 3.20. The molecule has 1 aromatic heterocycles. The Morgan fingerprint density at radius 1 is 0.812 bits per heavy atom. The second-order valence-electron chi connectivity index (χ2n) is 8.39. The van der Waals surface area contributed by atoms with Crippen LogP contribution in [0.25, 0.3) is 0 Å². The fraction of sp³-hybridized carbons (Fsp3) is 0.417. The Balaban J connectivity index is 1.26. The maximum absolute atomic E-state index is 13.1. The summed E-state index contributed by atoms with van der Waals surface area (Å²) < 4.78 is 0. The minimum Gasteiger partial charge on any atom is -0.342 e. The number of nitrogens with one attached hydrogen (secondary N) is 2. The minimum atomic E-state index is -0.191. The van der Waals surface area contributed by atoms with Crippen molar-refractivity contribution in [2.24, 2.45) is 11.8 Å². The van der Waals surface area contributed by atoms with Gasteiger partial charge in [0.2, 0.25) is 11.8 Å². The first-order chi connectivity index (χ1) is 15.6.